The molecule has 7 heteroatoms. The quantitative estimate of drug-likeness (QED) is 0.573. The number of nitrogens with one attached hydrogen (secondary N) is 2. The van der Waals surface area contributed by atoms with Crippen LogP contribution in [0.1, 0.15) is 16.7 Å². The number of anilines is 2. The van der Waals surface area contributed by atoms with Gasteiger partial charge in [0, 0.05) is 28.3 Å². The normalized spacial score (nSPS) is 15.6. The highest BCUT2D eigenvalue weighted by Gasteiger charge is 2.31. The third kappa shape index (κ3) is 4.36. The summed E-state index contributed by atoms with van der Waals surface area (Å²) in [7, 11) is 1.69. The number of aliphatic imine (C=N–C) groups is 1. The number of hydrogen-bond donors (Lipinski definition) is 2. The molecule has 0 fully saturated rings. The second-order valence-corrected chi connectivity index (χ2v) is 8.13. The van der Waals surface area contributed by atoms with E-state index in [1.54, 1.807) is 13.1 Å². The maximum atomic E-state index is 13.2. The van der Waals surface area contributed by atoms with Crippen LogP contribution in [0, 0.1) is 6.92 Å². The zero-order valence-corrected chi connectivity index (χ0v) is 18.7. The lowest BCUT2D eigenvalue weighted by Crippen LogP contribution is -2.47. The summed E-state index contributed by atoms with van der Waals surface area (Å²) in [5, 5.41) is 5.53. The molecular formula is C24H21BrN4O2. The van der Waals surface area contributed by atoms with E-state index in [-0.39, 0.29) is 5.91 Å². The molecule has 1 unspecified atom stereocenters. The van der Waals surface area contributed by atoms with Crippen molar-refractivity contribution in [2.45, 2.75) is 13.1 Å². The molecule has 1 atom stereocenters. The Labute approximate surface area is 189 Å². The topological polar surface area (TPSA) is 73.8 Å². The third-order valence-electron chi connectivity index (χ3n) is 5.09. The molecule has 3 aromatic rings. The van der Waals surface area contributed by atoms with E-state index in [1.165, 1.54) is 4.90 Å². The fraction of sp³-hybridized carbons (Fsp3) is 0.125. The lowest BCUT2D eigenvalue weighted by molar-refractivity contribution is -0.119. The zero-order chi connectivity index (χ0) is 22.0. The largest absolute Gasteiger partial charge is 0.321 e. The first-order valence-electron chi connectivity index (χ1n) is 9.78. The molecule has 0 spiro atoms. The highest BCUT2D eigenvalue weighted by atomic mass is 79.9. The maximum absolute atomic E-state index is 13.2. The molecule has 0 radical (unpaired) electrons. The first-order valence-corrected chi connectivity index (χ1v) is 10.6. The van der Waals surface area contributed by atoms with Gasteiger partial charge in [-0.25, -0.2) is 9.79 Å². The number of para-hydroxylation sites is 1. The Hall–Kier alpha value is -3.45. The summed E-state index contributed by atoms with van der Waals surface area (Å²) in [5.74, 6) is -0.318. The lowest BCUT2D eigenvalue weighted by Gasteiger charge is -2.21. The van der Waals surface area contributed by atoms with E-state index in [1.807, 2.05) is 73.7 Å². The van der Waals surface area contributed by atoms with Gasteiger partial charge in [-0.2, -0.15) is 0 Å². The van der Waals surface area contributed by atoms with Gasteiger partial charge in [-0.3, -0.25) is 4.79 Å². The maximum Gasteiger partial charge on any atom is 0.321 e. The van der Waals surface area contributed by atoms with Crippen LogP contribution in [-0.2, 0) is 4.79 Å². The van der Waals surface area contributed by atoms with Gasteiger partial charge in [0.05, 0.1) is 11.4 Å². The minimum absolute atomic E-state index is 0.318. The van der Waals surface area contributed by atoms with Gasteiger partial charge in [0.2, 0.25) is 6.17 Å². The Morgan fingerprint density at radius 1 is 1.03 bits per heavy atom. The SMILES string of the molecule is Cc1cc(Br)ccc1NC(=O)NC1N=C(c2ccccc2)c2ccccc2N(C)C1=O. The number of aryl methyl sites for hydroxylation is 1. The number of benzodiazepines with no additional fused rings is 1. The second-order valence-electron chi connectivity index (χ2n) is 7.22. The molecule has 31 heavy (non-hydrogen) atoms. The number of amides is 3. The summed E-state index contributed by atoms with van der Waals surface area (Å²) in [6.07, 6.45) is -1.07. The van der Waals surface area contributed by atoms with Crippen molar-refractivity contribution in [3.63, 3.8) is 0 Å². The van der Waals surface area contributed by atoms with E-state index in [0.717, 1.165) is 26.9 Å². The third-order valence-corrected chi connectivity index (χ3v) is 5.59. The van der Waals surface area contributed by atoms with Crippen molar-refractivity contribution in [2.24, 2.45) is 4.99 Å². The summed E-state index contributed by atoms with van der Waals surface area (Å²) in [6.45, 7) is 1.90. The Morgan fingerprint density at radius 3 is 2.48 bits per heavy atom. The smallest absolute Gasteiger partial charge is 0.311 e. The molecule has 156 valence electrons. The number of carbonyl (C=O) groups is 2. The Balaban J connectivity index is 1.68. The molecule has 1 aliphatic heterocycles. The van der Waals surface area contributed by atoms with Crippen molar-refractivity contribution < 1.29 is 9.59 Å². The van der Waals surface area contributed by atoms with Gasteiger partial charge < -0.3 is 15.5 Å². The van der Waals surface area contributed by atoms with Crippen LogP contribution in [0.25, 0.3) is 0 Å². The number of rotatable bonds is 3. The van der Waals surface area contributed by atoms with Gasteiger partial charge in [0.15, 0.2) is 0 Å². The molecule has 3 amide bonds. The highest BCUT2D eigenvalue weighted by molar-refractivity contribution is 9.10. The van der Waals surface area contributed by atoms with Crippen molar-refractivity contribution in [2.75, 3.05) is 17.3 Å². The molecule has 6 nitrogen and oxygen atoms in total. The minimum Gasteiger partial charge on any atom is -0.311 e. The minimum atomic E-state index is -1.07. The number of nitrogens with zero attached hydrogens (tertiary/aromatic N) is 2. The van der Waals surface area contributed by atoms with Gasteiger partial charge in [-0.1, -0.05) is 64.5 Å². The van der Waals surface area contributed by atoms with Crippen LogP contribution in [0.4, 0.5) is 16.2 Å². The molecule has 1 heterocycles. The number of likely N-dealkylation sites (N-methyl/N-ethyl adjacent to an activating group) is 1. The molecule has 4 rings (SSSR count). The predicted octanol–water partition coefficient (Wildman–Crippen LogP) is 4.72. The zero-order valence-electron chi connectivity index (χ0n) is 17.1. The van der Waals surface area contributed by atoms with E-state index < -0.39 is 12.2 Å². The van der Waals surface area contributed by atoms with Gasteiger partial charge in [0.1, 0.15) is 0 Å². The van der Waals surface area contributed by atoms with E-state index in [2.05, 4.69) is 31.6 Å². The van der Waals surface area contributed by atoms with Gasteiger partial charge in [0.25, 0.3) is 5.91 Å². The lowest BCUT2D eigenvalue weighted by atomic mass is 10.0. The predicted molar refractivity (Wildman–Crippen MR) is 127 cm³/mol. The second kappa shape index (κ2) is 8.73. The van der Waals surface area contributed by atoms with Gasteiger partial charge >= 0.3 is 6.03 Å². The molecule has 0 aromatic heterocycles. The van der Waals surface area contributed by atoms with Crippen LogP contribution in [0.3, 0.4) is 0 Å². The van der Waals surface area contributed by atoms with Crippen molar-refractivity contribution in [3.8, 4) is 0 Å². The summed E-state index contributed by atoms with van der Waals surface area (Å²) in [4.78, 5) is 32.1. The van der Waals surface area contributed by atoms with E-state index in [4.69, 9.17) is 0 Å². The van der Waals surface area contributed by atoms with Crippen molar-refractivity contribution in [1.82, 2.24) is 5.32 Å². The molecule has 0 aliphatic carbocycles. The molecule has 0 saturated heterocycles. The van der Waals surface area contributed by atoms with E-state index in [9.17, 15) is 9.59 Å². The van der Waals surface area contributed by atoms with Crippen LogP contribution < -0.4 is 15.5 Å². The average Bonchev–Trinajstić information content (AvgIpc) is 2.87. The number of carbonyl (C=O) groups excluding carboxylic acids is 2. The molecule has 0 bridgehead atoms. The fourth-order valence-electron chi connectivity index (χ4n) is 3.49. The number of benzene rings is 3. The van der Waals surface area contributed by atoms with Crippen molar-refractivity contribution in [3.05, 3.63) is 94.0 Å². The first-order chi connectivity index (χ1) is 14.9. The van der Waals surface area contributed by atoms with Crippen molar-refractivity contribution in [1.29, 1.82) is 0 Å². The Morgan fingerprint density at radius 2 is 1.74 bits per heavy atom. The van der Waals surface area contributed by atoms with E-state index >= 15 is 0 Å². The molecular weight excluding hydrogens is 456 g/mol. The van der Waals surface area contributed by atoms with Crippen molar-refractivity contribution >= 4 is 45.0 Å². The van der Waals surface area contributed by atoms with Crippen LogP contribution in [-0.4, -0.2) is 30.9 Å². The first kappa shape index (κ1) is 20.8. The highest BCUT2D eigenvalue weighted by Crippen LogP contribution is 2.27. The van der Waals surface area contributed by atoms with Crippen LogP contribution >= 0.6 is 15.9 Å². The van der Waals surface area contributed by atoms with Gasteiger partial charge in [-0.05, 0) is 36.8 Å². The molecule has 3 aromatic carbocycles. The Kier molecular flexibility index (Phi) is 5.86. The van der Waals surface area contributed by atoms with Crippen LogP contribution in [0.15, 0.2) is 82.3 Å². The van der Waals surface area contributed by atoms with Crippen LogP contribution in [0.2, 0.25) is 0 Å². The summed E-state index contributed by atoms with van der Waals surface area (Å²) < 4.78 is 0.923. The number of fused-ring (bicyclic) bond motifs is 1. The molecule has 0 saturated carbocycles. The summed E-state index contributed by atoms with van der Waals surface area (Å²) in [6, 6.07) is 22.3. The Bertz CT molecular complexity index is 1180. The van der Waals surface area contributed by atoms with Gasteiger partial charge in [-0.15, -0.1) is 0 Å². The van der Waals surface area contributed by atoms with Crippen LogP contribution in [0.5, 0.6) is 0 Å². The fourth-order valence-corrected chi connectivity index (χ4v) is 3.97. The standard InChI is InChI=1S/C24H21BrN4O2/c1-15-14-17(25)12-13-19(15)26-24(31)28-22-23(30)29(2)20-11-7-6-10-18(20)21(27-22)16-8-4-3-5-9-16/h3-14,22H,1-2H3,(H2,26,28,31). The average molecular weight is 477 g/mol. The number of halogens is 1. The monoisotopic (exact) mass is 476 g/mol. The number of urea groups is 1. The molecule has 1 aliphatic rings. The summed E-state index contributed by atoms with van der Waals surface area (Å²) >= 11 is 3.41. The van der Waals surface area contributed by atoms with E-state index in [0.29, 0.717) is 11.4 Å². The number of hydrogen-bond acceptors (Lipinski definition) is 3. The molecule has 2 N–H and O–H groups in total. The summed E-state index contributed by atoms with van der Waals surface area (Å²) in [5.41, 5.74) is 4.65.